The molecule has 0 unspecified atom stereocenters. The van der Waals surface area contributed by atoms with Crippen LogP contribution in [0.15, 0.2) is 24.3 Å². The zero-order valence-electron chi connectivity index (χ0n) is 13.1. The van der Waals surface area contributed by atoms with Gasteiger partial charge < -0.3 is 9.64 Å². The van der Waals surface area contributed by atoms with Gasteiger partial charge in [-0.1, -0.05) is 12.1 Å². The Hall–Kier alpha value is -1.58. The molecule has 1 amide bonds. The number of carbonyl (C=O) groups excluding carboxylic acids is 1. The minimum Gasteiger partial charge on any atom is -0.444 e. The number of ether oxygens (including phenoxy) is 1. The van der Waals surface area contributed by atoms with E-state index in [1.54, 1.807) is 17.0 Å². The van der Waals surface area contributed by atoms with Crippen molar-refractivity contribution in [1.82, 2.24) is 4.90 Å². The van der Waals surface area contributed by atoms with E-state index in [1.165, 1.54) is 6.07 Å². The molecule has 0 radical (unpaired) electrons. The minimum absolute atomic E-state index is 0.182. The molecule has 1 heterocycles. The van der Waals surface area contributed by atoms with Gasteiger partial charge in [-0.15, -0.1) is 0 Å². The van der Waals surface area contributed by atoms with Crippen LogP contribution in [-0.2, 0) is 11.2 Å². The minimum atomic E-state index is -0.449. The van der Waals surface area contributed by atoms with Crippen molar-refractivity contribution in [3.05, 3.63) is 35.6 Å². The third-order valence-electron chi connectivity index (χ3n) is 3.68. The van der Waals surface area contributed by atoms with E-state index >= 15 is 0 Å². The van der Waals surface area contributed by atoms with Crippen molar-refractivity contribution in [3.8, 4) is 0 Å². The first-order valence-electron chi connectivity index (χ1n) is 7.56. The fourth-order valence-electron chi connectivity index (χ4n) is 2.64. The molecule has 21 heavy (non-hydrogen) atoms. The van der Waals surface area contributed by atoms with Crippen molar-refractivity contribution in [2.45, 2.75) is 45.6 Å². The molecule has 0 saturated carbocycles. The number of hydrogen-bond donors (Lipinski definition) is 0. The van der Waals surface area contributed by atoms with Gasteiger partial charge in [0.05, 0.1) is 0 Å². The lowest BCUT2D eigenvalue weighted by Crippen LogP contribution is -2.42. The molecular formula is C17H24FNO2. The summed E-state index contributed by atoms with van der Waals surface area (Å²) in [5.41, 5.74) is 0.584. The monoisotopic (exact) mass is 293 g/mol. The van der Waals surface area contributed by atoms with Crippen LogP contribution in [0, 0.1) is 11.7 Å². The largest absolute Gasteiger partial charge is 0.444 e. The van der Waals surface area contributed by atoms with Gasteiger partial charge >= 0.3 is 6.09 Å². The van der Waals surface area contributed by atoms with Crippen molar-refractivity contribution in [1.29, 1.82) is 0 Å². The van der Waals surface area contributed by atoms with Crippen molar-refractivity contribution in [2.75, 3.05) is 13.1 Å². The van der Waals surface area contributed by atoms with Gasteiger partial charge in [0.15, 0.2) is 0 Å². The molecule has 0 N–H and O–H groups in total. The number of benzene rings is 1. The molecule has 1 aliphatic rings. The highest BCUT2D eigenvalue weighted by atomic mass is 19.1. The van der Waals surface area contributed by atoms with E-state index in [9.17, 15) is 9.18 Å². The summed E-state index contributed by atoms with van der Waals surface area (Å²) in [7, 11) is 0. The summed E-state index contributed by atoms with van der Waals surface area (Å²) in [6.45, 7) is 7.06. The molecule has 4 heteroatoms. The molecule has 1 aliphatic heterocycles. The summed E-state index contributed by atoms with van der Waals surface area (Å²) in [4.78, 5) is 13.7. The molecular weight excluding hydrogens is 269 g/mol. The van der Waals surface area contributed by atoms with Crippen LogP contribution in [0.25, 0.3) is 0 Å². The van der Waals surface area contributed by atoms with E-state index in [1.807, 2.05) is 26.8 Å². The highest BCUT2D eigenvalue weighted by molar-refractivity contribution is 5.68. The highest BCUT2D eigenvalue weighted by Gasteiger charge is 2.26. The SMILES string of the molecule is CC(C)(C)OC(=O)N1CCC(Cc2cccc(F)c2)CC1. The van der Waals surface area contributed by atoms with E-state index in [-0.39, 0.29) is 11.9 Å². The third kappa shape index (κ3) is 5.03. The van der Waals surface area contributed by atoms with E-state index < -0.39 is 5.60 Å². The number of carbonyl (C=O) groups is 1. The molecule has 1 aromatic rings. The fraction of sp³-hybridized carbons (Fsp3) is 0.588. The Morgan fingerprint density at radius 1 is 1.33 bits per heavy atom. The van der Waals surface area contributed by atoms with Gasteiger partial charge in [0.25, 0.3) is 0 Å². The zero-order valence-corrected chi connectivity index (χ0v) is 13.1. The van der Waals surface area contributed by atoms with Crippen molar-refractivity contribution in [2.24, 2.45) is 5.92 Å². The Kier molecular flexibility index (Phi) is 4.86. The Bertz CT molecular complexity index is 488. The Balaban J connectivity index is 1.82. The predicted molar refractivity (Wildman–Crippen MR) is 80.6 cm³/mol. The molecule has 116 valence electrons. The predicted octanol–water partition coefficient (Wildman–Crippen LogP) is 4.02. The van der Waals surface area contributed by atoms with Crippen LogP contribution < -0.4 is 0 Å². The van der Waals surface area contributed by atoms with Crippen molar-refractivity contribution < 1.29 is 13.9 Å². The van der Waals surface area contributed by atoms with E-state index in [4.69, 9.17) is 4.74 Å². The average molecular weight is 293 g/mol. The lowest BCUT2D eigenvalue weighted by Gasteiger charge is -2.33. The van der Waals surface area contributed by atoms with Crippen molar-refractivity contribution in [3.63, 3.8) is 0 Å². The van der Waals surface area contributed by atoms with Gasteiger partial charge in [-0.25, -0.2) is 9.18 Å². The summed E-state index contributed by atoms with van der Waals surface area (Å²) in [6, 6.07) is 6.78. The maximum atomic E-state index is 13.2. The molecule has 0 aromatic heterocycles. The van der Waals surface area contributed by atoms with E-state index in [0.717, 1.165) is 37.9 Å². The molecule has 2 rings (SSSR count). The van der Waals surface area contributed by atoms with Crippen LogP contribution in [0.3, 0.4) is 0 Å². The molecule has 0 aliphatic carbocycles. The number of likely N-dealkylation sites (tertiary alicyclic amines) is 1. The Morgan fingerprint density at radius 2 is 2.00 bits per heavy atom. The average Bonchev–Trinajstić information content (AvgIpc) is 2.37. The summed E-state index contributed by atoms with van der Waals surface area (Å²) >= 11 is 0. The van der Waals surface area contributed by atoms with Crippen LogP contribution in [0.2, 0.25) is 0 Å². The quantitative estimate of drug-likeness (QED) is 0.824. The summed E-state index contributed by atoms with van der Waals surface area (Å²) < 4.78 is 18.6. The van der Waals surface area contributed by atoms with Gasteiger partial charge in [0.1, 0.15) is 11.4 Å². The van der Waals surface area contributed by atoms with Gasteiger partial charge in [-0.2, -0.15) is 0 Å². The van der Waals surface area contributed by atoms with E-state index in [0.29, 0.717) is 5.92 Å². The molecule has 0 spiro atoms. The van der Waals surface area contributed by atoms with E-state index in [2.05, 4.69) is 0 Å². The fourth-order valence-corrected chi connectivity index (χ4v) is 2.64. The third-order valence-corrected chi connectivity index (χ3v) is 3.68. The molecule has 1 fully saturated rings. The molecule has 3 nitrogen and oxygen atoms in total. The first-order chi connectivity index (χ1) is 9.83. The number of nitrogens with zero attached hydrogens (tertiary/aromatic N) is 1. The first-order valence-corrected chi connectivity index (χ1v) is 7.56. The summed E-state index contributed by atoms with van der Waals surface area (Å²) in [5.74, 6) is 0.323. The van der Waals surface area contributed by atoms with Crippen LogP contribution in [-0.4, -0.2) is 29.7 Å². The van der Waals surface area contributed by atoms with Crippen LogP contribution >= 0.6 is 0 Å². The lowest BCUT2D eigenvalue weighted by molar-refractivity contribution is 0.0184. The molecule has 1 aromatic carbocycles. The lowest BCUT2D eigenvalue weighted by atomic mass is 9.90. The number of piperidine rings is 1. The second kappa shape index (κ2) is 6.46. The number of amides is 1. The van der Waals surface area contributed by atoms with Crippen molar-refractivity contribution >= 4 is 6.09 Å². The Morgan fingerprint density at radius 3 is 2.57 bits per heavy atom. The summed E-state index contributed by atoms with van der Waals surface area (Å²) in [5, 5.41) is 0. The smallest absolute Gasteiger partial charge is 0.410 e. The Labute approximate surface area is 126 Å². The van der Waals surface area contributed by atoms with Crippen LogP contribution in [0.1, 0.15) is 39.2 Å². The van der Waals surface area contributed by atoms with Crippen LogP contribution in [0.5, 0.6) is 0 Å². The second-order valence-electron chi connectivity index (χ2n) is 6.74. The topological polar surface area (TPSA) is 29.5 Å². The van der Waals surface area contributed by atoms with Crippen LogP contribution in [0.4, 0.5) is 9.18 Å². The standard InChI is InChI=1S/C17H24FNO2/c1-17(2,3)21-16(20)19-9-7-13(8-10-19)11-14-5-4-6-15(18)12-14/h4-6,12-13H,7-11H2,1-3H3. The second-order valence-corrected chi connectivity index (χ2v) is 6.74. The summed E-state index contributed by atoms with van der Waals surface area (Å²) in [6.07, 6.45) is 2.53. The maximum absolute atomic E-state index is 13.2. The molecule has 0 bridgehead atoms. The van der Waals surface area contributed by atoms with Gasteiger partial charge in [-0.3, -0.25) is 0 Å². The maximum Gasteiger partial charge on any atom is 0.410 e. The number of halogens is 1. The zero-order chi connectivity index (χ0) is 15.5. The van der Waals surface area contributed by atoms with Gasteiger partial charge in [0, 0.05) is 13.1 Å². The highest BCUT2D eigenvalue weighted by Crippen LogP contribution is 2.23. The number of hydrogen-bond acceptors (Lipinski definition) is 2. The first kappa shape index (κ1) is 15.8. The normalized spacial score (nSPS) is 16.9. The van der Waals surface area contributed by atoms with Gasteiger partial charge in [0.2, 0.25) is 0 Å². The van der Waals surface area contributed by atoms with Gasteiger partial charge in [-0.05, 0) is 63.6 Å². The molecule has 0 atom stereocenters. The number of rotatable bonds is 2. The molecule has 1 saturated heterocycles.